The summed E-state index contributed by atoms with van der Waals surface area (Å²) in [5.74, 6) is -3.28. The van der Waals surface area contributed by atoms with Gasteiger partial charge < -0.3 is 14.8 Å². The van der Waals surface area contributed by atoms with Gasteiger partial charge in [0.05, 0.1) is 58.6 Å². The number of nitrogens with zero attached hydrogens (tertiary/aromatic N) is 2. The van der Waals surface area contributed by atoms with E-state index >= 15 is 0 Å². The zero-order valence-electron chi connectivity index (χ0n) is 18.2. The lowest BCUT2D eigenvalue weighted by Crippen LogP contribution is -2.56. The normalized spacial score (nSPS) is 32.6. The molecule has 11 heteroatoms. The van der Waals surface area contributed by atoms with Crippen molar-refractivity contribution in [3.63, 3.8) is 0 Å². The van der Waals surface area contributed by atoms with Gasteiger partial charge >= 0.3 is 12.3 Å². The highest BCUT2D eigenvalue weighted by molar-refractivity contribution is 6.23. The van der Waals surface area contributed by atoms with Gasteiger partial charge in [0, 0.05) is 6.42 Å². The highest BCUT2D eigenvalue weighted by atomic mass is 19.4. The van der Waals surface area contributed by atoms with Crippen LogP contribution in [0.15, 0.2) is 18.2 Å². The Balaban J connectivity index is 1.68. The van der Waals surface area contributed by atoms with Crippen LogP contribution in [0, 0.1) is 23.2 Å². The van der Waals surface area contributed by atoms with Crippen molar-refractivity contribution in [3.05, 3.63) is 29.3 Å². The number of amides is 3. The van der Waals surface area contributed by atoms with E-state index in [4.69, 9.17) is 14.7 Å². The molecule has 3 aliphatic rings. The van der Waals surface area contributed by atoms with Crippen molar-refractivity contribution in [1.82, 2.24) is 5.32 Å². The Labute approximate surface area is 187 Å². The molecule has 3 aliphatic heterocycles. The number of benzene rings is 1. The molecule has 0 unspecified atom stereocenters. The van der Waals surface area contributed by atoms with Gasteiger partial charge in [0.15, 0.2) is 0 Å². The summed E-state index contributed by atoms with van der Waals surface area (Å²) in [6, 6.07) is 3.58. The molecular weight excluding hydrogens is 443 g/mol. The molecule has 3 fully saturated rings. The highest BCUT2D eigenvalue weighted by Gasteiger charge is 2.76. The Morgan fingerprint density at radius 3 is 2.58 bits per heavy atom. The van der Waals surface area contributed by atoms with Crippen LogP contribution in [0.4, 0.5) is 23.7 Å². The minimum Gasteiger partial charge on any atom is -0.450 e. The number of imide groups is 1. The first kappa shape index (κ1) is 23.0. The Bertz CT molecular complexity index is 1080. The van der Waals surface area contributed by atoms with E-state index in [2.05, 4.69) is 5.32 Å². The molecule has 1 aromatic carbocycles. The maximum Gasteiger partial charge on any atom is 0.417 e. The zero-order valence-corrected chi connectivity index (χ0v) is 18.2. The number of nitriles is 1. The van der Waals surface area contributed by atoms with Crippen molar-refractivity contribution >= 4 is 23.6 Å². The van der Waals surface area contributed by atoms with Crippen molar-refractivity contribution < 1.29 is 37.0 Å². The number of hydrogen-bond acceptors (Lipinski definition) is 6. The number of alkyl halides is 3. The summed E-state index contributed by atoms with van der Waals surface area (Å²) in [4.78, 5) is 39.5. The number of carbonyl (C=O) groups excluding carboxylic acids is 3. The lowest BCUT2D eigenvalue weighted by molar-refractivity contribution is -0.138. The molecule has 1 N–H and O–H groups in total. The molecular formula is C22H22F3N3O5. The first-order valence-corrected chi connectivity index (χ1v) is 10.5. The molecule has 2 bridgehead atoms. The molecule has 8 nitrogen and oxygen atoms in total. The highest BCUT2D eigenvalue weighted by Crippen LogP contribution is 2.61. The van der Waals surface area contributed by atoms with Gasteiger partial charge in [-0.1, -0.05) is 6.92 Å². The van der Waals surface area contributed by atoms with Crippen molar-refractivity contribution in [2.75, 3.05) is 11.5 Å². The van der Waals surface area contributed by atoms with Crippen LogP contribution in [0.5, 0.6) is 0 Å². The molecule has 0 aliphatic carbocycles. The van der Waals surface area contributed by atoms with E-state index < -0.39 is 64.3 Å². The molecule has 5 atom stereocenters. The van der Waals surface area contributed by atoms with E-state index in [9.17, 15) is 27.6 Å². The second-order valence-electron chi connectivity index (χ2n) is 8.94. The number of hydrogen-bond donors (Lipinski definition) is 1. The first-order chi connectivity index (χ1) is 15.4. The number of alkyl carbamates (subject to hydrolysis) is 1. The summed E-state index contributed by atoms with van der Waals surface area (Å²) >= 11 is 0. The largest absolute Gasteiger partial charge is 0.450 e. The number of carbonyl (C=O) groups is 3. The number of nitrogens with one attached hydrogen (secondary N) is 1. The first-order valence-electron chi connectivity index (χ1n) is 10.5. The SMILES string of the molecule is CCCOC(=O)N[C@H]1C[C@@]2(C)O[C@@]1(C)[C@H]1C(=O)N(c3ccc(C#N)c(C(F)(F)F)c3)C(=O)[C@H]12. The van der Waals surface area contributed by atoms with Gasteiger partial charge in [-0.25, -0.2) is 9.69 Å². The summed E-state index contributed by atoms with van der Waals surface area (Å²) in [5, 5.41) is 11.7. The minimum atomic E-state index is -4.84. The van der Waals surface area contributed by atoms with Gasteiger partial charge in [-0.2, -0.15) is 18.4 Å². The molecule has 0 radical (unpaired) electrons. The van der Waals surface area contributed by atoms with Crippen molar-refractivity contribution in [3.8, 4) is 6.07 Å². The summed E-state index contributed by atoms with van der Waals surface area (Å²) in [5.41, 5.74) is -4.43. The standard InChI is InChI=1S/C22H22F3N3O5/c1-4-7-32-19(31)27-14-9-20(2)15-16(21(14,3)33-20)18(30)28(17(15)29)12-6-5-11(10-26)13(8-12)22(23,24)25/h5-6,8,14-16H,4,7,9H2,1-3H3,(H,27,31)/t14-,15-,16+,20+,21+/m0/s1. The van der Waals surface area contributed by atoms with Crippen LogP contribution in [0.2, 0.25) is 0 Å². The smallest absolute Gasteiger partial charge is 0.417 e. The van der Waals surface area contributed by atoms with E-state index in [0.717, 1.165) is 17.0 Å². The lowest BCUT2D eigenvalue weighted by atomic mass is 9.66. The van der Waals surface area contributed by atoms with Crippen LogP contribution < -0.4 is 10.2 Å². The number of fused-ring (bicyclic) bond motifs is 5. The Hall–Kier alpha value is -3.13. The van der Waals surface area contributed by atoms with Crippen molar-refractivity contribution in [2.45, 2.75) is 57.0 Å². The van der Waals surface area contributed by atoms with Crippen LogP contribution in [0.25, 0.3) is 0 Å². The summed E-state index contributed by atoms with van der Waals surface area (Å²) in [7, 11) is 0. The molecule has 3 saturated heterocycles. The van der Waals surface area contributed by atoms with Crippen LogP contribution in [0.3, 0.4) is 0 Å². The molecule has 4 rings (SSSR count). The van der Waals surface area contributed by atoms with Crippen molar-refractivity contribution in [2.24, 2.45) is 11.8 Å². The fraction of sp³-hybridized carbons (Fsp3) is 0.545. The van der Waals surface area contributed by atoms with Gasteiger partial charge in [-0.05, 0) is 38.5 Å². The molecule has 0 aromatic heterocycles. The van der Waals surface area contributed by atoms with E-state index in [1.807, 2.05) is 6.92 Å². The Morgan fingerprint density at radius 2 is 1.97 bits per heavy atom. The third-order valence-corrected chi connectivity index (χ3v) is 6.75. The van der Waals surface area contributed by atoms with Gasteiger partial charge in [-0.3, -0.25) is 9.59 Å². The molecule has 1 aromatic rings. The Morgan fingerprint density at radius 1 is 1.30 bits per heavy atom. The quantitative estimate of drug-likeness (QED) is 0.685. The van der Waals surface area contributed by atoms with Crippen LogP contribution in [0.1, 0.15) is 44.7 Å². The predicted molar refractivity (Wildman–Crippen MR) is 107 cm³/mol. The van der Waals surface area contributed by atoms with Crippen LogP contribution >= 0.6 is 0 Å². The average Bonchev–Trinajstić information content (AvgIpc) is 3.26. The third kappa shape index (κ3) is 3.35. The van der Waals surface area contributed by atoms with Crippen molar-refractivity contribution in [1.29, 1.82) is 5.26 Å². The molecule has 3 amide bonds. The topological polar surface area (TPSA) is 109 Å². The van der Waals surface area contributed by atoms with Crippen LogP contribution in [-0.2, 0) is 25.2 Å². The maximum atomic E-state index is 13.4. The summed E-state index contributed by atoms with van der Waals surface area (Å²) < 4.78 is 51.5. The fourth-order valence-corrected chi connectivity index (χ4v) is 5.39. The molecule has 176 valence electrons. The van der Waals surface area contributed by atoms with Gasteiger partial charge in [0.1, 0.15) is 0 Å². The van der Waals surface area contributed by atoms with Crippen LogP contribution in [-0.4, -0.2) is 41.8 Å². The fourth-order valence-electron chi connectivity index (χ4n) is 5.39. The van der Waals surface area contributed by atoms with Gasteiger partial charge in [0.2, 0.25) is 11.8 Å². The molecule has 0 spiro atoms. The molecule has 0 saturated carbocycles. The third-order valence-electron chi connectivity index (χ3n) is 6.75. The second-order valence-corrected chi connectivity index (χ2v) is 8.94. The van der Waals surface area contributed by atoms with E-state index in [1.54, 1.807) is 13.8 Å². The van der Waals surface area contributed by atoms with E-state index in [0.29, 0.717) is 12.5 Å². The maximum absolute atomic E-state index is 13.4. The summed E-state index contributed by atoms with van der Waals surface area (Å²) in [6.07, 6.45) is -4.65. The second kappa shape index (κ2) is 7.45. The van der Waals surface area contributed by atoms with Gasteiger partial charge in [0.25, 0.3) is 0 Å². The van der Waals surface area contributed by atoms with E-state index in [-0.39, 0.29) is 18.7 Å². The average molecular weight is 465 g/mol. The summed E-state index contributed by atoms with van der Waals surface area (Å²) in [6.45, 7) is 5.32. The minimum absolute atomic E-state index is 0.213. The number of halogens is 3. The predicted octanol–water partition coefficient (Wildman–Crippen LogP) is 3.14. The van der Waals surface area contributed by atoms with E-state index in [1.165, 1.54) is 6.07 Å². The number of anilines is 1. The number of rotatable bonds is 4. The lowest BCUT2D eigenvalue weighted by Gasteiger charge is -2.35. The number of ether oxygens (including phenoxy) is 2. The molecule has 33 heavy (non-hydrogen) atoms. The van der Waals surface area contributed by atoms with Gasteiger partial charge in [-0.15, -0.1) is 0 Å². The zero-order chi connectivity index (χ0) is 24.3. The monoisotopic (exact) mass is 465 g/mol. The Kier molecular flexibility index (Phi) is 5.20. The molecule has 3 heterocycles.